The monoisotopic (exact) mass is 406 g/mol. The highest BCUT2D eigenvalue weighted by Gasteiger charge is 2.19. The first-order chi connectivity index (χ1) is 14.2. The number of nitrogens with one attached hydrogen (secondary N) is 1. The molecular formula is C23H22N2O5. The highest BCUT2D eigenvalue weighted by molar-refractivity contribution is 6.06. The molecule has 0 saturated carbocycles. The maximum absolute atomic E-state index is 12.6. The van der Waals surface area contributed by atoms with Gasteiger partial charge < -0.3 is 19.2 Å². The Morgan fingerprint density at radius 1 is 1.13 bits per heavy atom. The number of hydrogen-bond donors (Lipinski definition) is 1. The number of ether oxygens (including phenoxy) is 2. The van der Waals surface area contributed by atoms with Crippen molar-refractivity contribution >= 4 is 28.5 Å². The van der Waals surface area contributed by atoms with E-state index in [0.29, 0.717) is 28.1 Å². The summed E-state index contributed by atoms with van der Waals surface area (Å²) in [6, 6.07) is 13.7. The van der Waals surface area contributed by atoms with Gasteiger partial charge in [-0.05, 0) is 70.2 Å². The zero-order valence-electron chi connectivity index (χ0n) is 17.2. The number of carbonyl (C=O) groups is 2. The molecule has 3 aromatic rings. The summed E-state index contributed by atoms with van der Waals surface area (Å²) < 4.78 is 16.3. The lowest BCUT2D eigenvalue weighted by molar-refractivity contribution is -0.157. The molecule has 0 radical (unpaired) electrons. The van der Waals surface area contributed by atoms with E-state index in [1.54, 1.807) is 70.2 Å². The molecule has 1 N–H and O–H groups in total. The van der Waals surface area contributed by atoms with Crippen molar-refractivity contribution < 1.29 is 23.5 Å². The van der Waals surface area contributed by atoms with Crippen LogP contribution in [0.4, 0.5) is 5.69 Å². The summed E-state index contributed by atoms with van der Waals surface area (Å²) >= 11 is 0. The van der Waals surface area contributed by atoms with Crippen molar-refractivity contribution in [1.29, 1.82) is 5.26 Å². The van der Waals surface area contributed by atoms with Gasteiger partial charge in [0.05, 0.1) is 11.6 Å². The van der Waals surface area contributed by atoms with Gasteiger partial charge >= 0.3 is 5.97 Å². The third-order valence-corrected chi connectivity index (χ3v) is 4.16. The van der Waals surface area contributed by atoms with Crippen LogP contribution in [0.25, 0.3) is 11.0 Å². The molecule has 1 aromatic heterocycles. The first-order valence-corrected chi connectivity index (χ1v) is 9.35. The molecule has 0 saturated heterocycles. The van der Waals surface area contributed by atoms with Crippen LogP contribution in [0, 0.1) is 18.3 Å². The quantitative estimate of drug-likeness (QED) is 0.622. The lowest BCUT2D eigenvalue weighted by atomic mass is 10.1. The fourth-order valence-electron chi connectivity index (χ4n) is 2.84. The lowest BCUT2D eigenvalue weighted by Gasteiger charge is -2.19. The fraction of sp³-hybridized carbons (Fsp3) is 0.261. The minimum atomic E-state index is -0.570. The van der Waals surface area contributed by atoms with Gasteiger partial charge in [0.15, 0.2) is 12.4 Å². The lowest BCUT2D eigenvalue weighted by Crippen LogP contribution is -2.27. The molecule has 0 aliphatic heterocycles. The standard InChI is InChI=1S/C23H22N2O5/c1-14-18-11-15(12-24)5-10-19(18)29-21(14)22(27)25-16-6-8-17(9-7-16)28-13-20(26)30-23(2,3)4/h5-11H,13H2,1-4H3,(H,25,27). The molecule has 0 atom stereocenters. The van der Waals surface area contributed by atoms with Gasteiger partial charge in [-0.25, -0.2) is 4.79 Å². The van der Waals surface area contributed by atoms with E-state index < -0.39 is 17.5 Å². The molecule has 0 bridgehead atoms. The molecule has 0 unspecified atom stereocenters. The molecule has 0 aliphatic carbocycles. The van der Waals surface area contributed by atoms with Gasteiger partial charge in [-0.1, -0.05) is 0 Å². The molecule has 1 heterocycles. The molecule has 7 heteroatoms. The van der Waals surface area contributed by atoms with Crippen LogP contribution in [-0.4, -0.2) is 24.1 Å². The predicted molar refractivity (Wildman–Crippen MR) is 111 cm³/mol. The number of nitriles is 1. The van der Waals surface area contributed by atoms with E-state index in [2.05, 4.69) is 11.4 Å². The number of fused-ring (bicyclic) bond motifs is 1. The summed E-state index contributed by atoms with van der Waals surface area (Å²) in [6.07, 6.45) is 0. The minimum Gasteiger partial charge on any atom is -0.482 e. The Kier molecular flexibility index (Phi) is 5.79. The molecule has 0 fully saturated rings. The van der Waals surface area contributed by atoms with Crippen molar-refractivity contribution in [2.24, 2.45) is 0 Å². The van der Waals surface area contributed by atoms with Gasteiger partial charge in [0.25, 0.3) is 5.91 Å². The molecular weight excluding hydrogens is 384 g/mol. The maximum Gasteiger partial charge on any atom is 0.344 e. The van der Waals surface area contributed by atoms with Gasteiger partial charge in [0.1, 0.15) is 16.9 Å². The van der Waals surface area contributed by atoms with Crippen LogP contribution in [0.15, 0.2) is 46.9 Å². The summed E-state index contributed by atoms with van der Waals surface area (Å²) in [4.78, 5) is 24.3. The van der Waals surface area contributed by atoms with Crippen molar-refractivity contribution in [1.82, 2.24) is 0 Å². The molecule has 7 nitrogen and oxygen atoms in total. The number of rotatable bonds is 5. The third kappa shape index (κ3) is 4.97. The van der Waals surface area contributed by atoms with Crippen molar-refractivity contribution in [3.8, 4) is 11.8 Å². The van der Waals surface area contributed by atoms with E-state index in [4.69, 9.17) is 19.2 Å². The Bertz CT molecular complexity index is 1130. The Balaban J connectivity index is 1.65. The molecule has 3 rings (SSSR count). The van der Waals surface area contributed by atoms with Crippen LogP contribution >= 0.6 is 0 Å². The van der Waals surface area contributed by atoms with Crippen LogP contribution in [0.2, 0.25) is 0 Å². The largest absolute Gasteiger partial charge is 0.482 e. The number of benzene rings is 2. The van der Waals surface area contributed by atoms with Gasteiger partial charge in [-0.15, -0.1) is 0 Å². The van der Waals surface area contributed by atoms with Crippen LogP contribution in [0.5, 0.6) is 5.75 Å². The first kappa shape index (κ1) is 20.9. The predicted octanol–water partition coefficient (Wildman–Crippen LogP) is 4.59. The maximum atomic E-state index is 12.6. The van der Waals surface area contributed by atoms with E-state index in [9.17, 15) is 9.59 Å². The Labute approximate surface area is 174 Å². The van der Waals surface area contributed by atoms with Crippen molar-refractivity contribution in [3.05, 3.63) is 59.4 Å². The Hall–Kier alpha value is -3.79. The van der Waals surface area contributed by atoms with E-state index in [1.807, 2.05) is 0 Å². The summed E-state index contributed by atoms with van der Waals surface area (Å²) in [6.45, 7) is 6.93. The number of carbonyl (C=O) groups excluding carboxylic acids is 2. The third-order valence-electron chi connectivity index (χ3n) is 4.16. The zero-order chi connectivity index (χ0) is 21.9. The first-order valence-electron chi connectivity index (χ1n) is 9.35. The Morgan fingerprint density at radius 2 is 1.83 bits per heavy atom. The summed E-state index contributed by atoms with van der Waals surface area (Å²) in [7, 11) is 0. The number of esters is 1. The Morgan fingerprint density at radius 3 is 2.47 bits per heavy atom. The van der Waals surface area contributed by atoms with Gasteiger partial charge in [-0.2, -0.15) is 5.26 Å². The number of amides is 1. The highest BCUT2D eigenvalue weighted by atomic mass is 16.6. The van der Waals surface area contributed by atoms with Crippen LogP contribution in [-0.2, 0) is 9.53 Å². The summed E-state index contributed by atoms with van der Waals surface area (Å²) in [5.41, 5.74) is 1.68. The number of hydrogen-bond acceptors (Lipinski definition) is 6. The average Bonchev–Trinajstić information content (AvgIpc) is 3.02. The second-order valence-electron chi connectivity index (χ2n) is 7.73. The normalized spacial score (nSPS) is 11.0. The zero-order valence-corrected chi connectivity index (χ0v) is 17.2. The average molecular weight is 406 g/mol. The summed E-state index contributed by atoms with van der Waals surface area (Å²) in [5.74, 6) is -0.197. The van der Waals surface area contributed by atoms with E-state index in [1.165, 1.54) is 0 Å². The van der Waals surface area contributed by atoms with Crippen LogP contribution in [0.1, 0.15) is 42.5 Å². The van der Waals surface area contributed by atoms with Gasteiger partial charge in [-0.3, -0.25) is 4.79 Å². The van der Waals surface area contributed by atoms with E-state index in [0.717, 1.165) is 5.39 Å². The molecule has 1 amide bonds. The molecule has 2 aromatic carbocycles. The minimum absolute atomic E-state index is 0.186. The van der Waals surface area contributed by atoms with E-state index >= 15 is 0 Å². The van der Waals surface area contributed by atoms with Crippen LogP contribution < -0.4 is 10.1 Å². The molecule has 0 aliphatic rings. The van der Waals surface area contributed by atoms with Gasteiger partial charge in [0, 0.05) is 16.6 Å². The SMILES string of the molecule is Cc1c(C(=O)Nc2ccc(OCC(=O)OC(C)(C)C)cc2)oc2ccc(C#N)cc12. The smallest absolute Gasteiger partial charge is 0.344 e. The molecule has 30 heavy (non-hydrogen) atoms. The summed E-state index contributed by atoms with van der Waals surface area (Å²) in [5, 5.41) is 12.5. The number of anilines is 1. The second-order valence-corrected chi connectivity index (χ2v) is 7.73. The van der Waals surface area contributed by atoms with Crippen molar-refractivity contribution in [2.75, 3.05) is 11.9 Å². The fourth-order valence-corrected chi connectivity index (χ4v) is 2.84. The van der Waals surface area contributed by atoms with E-state index in [-0.39, 0.29) is 12.4 Å². The van der Waals surface area contributed by atoms with Crippen LogP contribution in [0.3, 0.4) is 0 Å². The topological polar surface area (TPSA) is 102 Å². The second kappa shape index (κ2) is 8.29. The molecule has 154 valence electrons. The number of nitrogens with zero attached hydrogens (tertiary/aromatic N) is 1. The van der Waals surface area contributed by atoms with Crippen molar-refractivity contribution in [3.63, 3.8) is 0 Å². The highest BCUT2D eigenvalue weighted by Crippen LogP contribution is 2.27. The van der Waals surface area contributed by atoms with Gasteiger partial charge in [0.2, 0.25) is 0 Å². The number of aryl methyl sites for hydroxylation is 1. The number of furan rings is 1. The molecule has 0 spiro atoms. The van der Waals surface area contributed by atoms with Crippen molar-refractivity contribution in [2.45, 2.75) is 33.3 Å².